The molecule has 5 heteroatoms. The number of hydrogen-bond acceptors (Lipinski definition) is 2. The third-order valence-electron chi connectivity index (χ3n) is 6.57. The Morgan fingerprint density at radius 1 is 0.909 bits per heavy atom. The van der Waals surface area contributed by atoms with Crippen LogP contribution in [0.25, 0.3) is 5.69 Å². The highest BCUT2D eigenvalue weighted by Gasteiger charge is 2.42. The summed E-state index contributed by atoms with van der Waals surface area (Å²) in [5.74, 6) is 0. The molecule has 5 rings (SSSR count). The minimum absolute atomic E-state index is 0.0449. The van der Waals surface area contributed by atoms with Gasteiger partial charge in [-0.25, -0.2) is 0 Å². The zero-order valence-corrected chi connectivity index (χ0v) is 20.0. The van der Waals surface area contributed by atoms with Crippen molar-refractivity contribution in [3.05, 3.63) is 113 Å². The Morgan fingerprint density at radius 3 is 2.39 bits per heavy atom. The van der Waals surface area contributed by atoms with Crippen molar-refractivity contribution in [2.75, 3.05) is 4.90 Å². The average Bonchev–Trinajstić information content (AvgIpc) is 3.46. The van der Waals surface area contributed by atoms with Crippen LogP contribution in [-0.2, 0) is 6.42 Å². The van der Waals surface area contributed by atoms with Gasteiger partial charge in [0, 0.05) is 29.5 Å². The normalized spacial score (nSPS) is 17.9. The molecule has 0 amide bonds. The third kappa shape index (κ3) is 3.93. The lowest BCUT2D eigenvalue weighted by molar-refractivity contribution is 0.549. The minimum atomic E-state index is -0.0650. The summed E-state index contributed by atoms with van der Waals surface area (Å²) in [6, 6.07) is 25.6. The van der Waals surface area contributed by atoms with Crippen LogP contribution in [0.2, 0.25) is 0 Å². The van der Waals surface area contributed by atoms with Crippen LogP contribution >= 0.6 is 12.2 Å². The molecule has 1 aliphatic heterocycles. The molecule has 0 unspecified atom stereocenters. The van der Waals surface area contributed by atoms with E-state index in [1.165, 1.54) is 22.4 Å². The fourth-order valence-corrected chi connectivity index (χ4v) is 4.92. The SMILES string of the molecule is CCc1ccc(N2C(=S)N[C@@H](c3ccccn3)[C@H]2c2cccn2-c2ccc(C)c(C)c2)cc1. The first-order valence-electron chi connectivity index (χ1n) is 11.4. The summed E-state index contributed by atoms with van der Waals surface area (Å²) < 4.78 is 2.27. The lowest BCUT2D eigenvalue weighted by Crippen LogP contribution is -2.30. The molecule has 4 aromatic rings. The van der Waals surface area contributed by atoms with Crippen LogP contribution in [0.1, 0.15) is 47.1 Å². The van der Waals surface area contributed by atoms with Gasteiger partial charge in [0.15, 0.2) is 5.11 Å². The standard InChI is InChI=1S/C28H28N4S/c1-4-21-11-14-22(15-12-21)32-27(26(30-28(32)33)24-8-5-6-16-29-24)25-9-7-17-31(25)23-13-10-19(2)20(3)18-23/h5-18,26-27H,4H2,1-3H3,(H,30,33)/t26-,27+/m0/s1. The fraction of sp³-hybridized carbons (Fsp3) is 0.214. The molecule has 0 radical (unpaired) electrons. The van der Waals surface area contributed by atoms with Gasteiger partial charge in [-0.2, -0.15) is 0 Å². The molecule has 2 atom stereocenters. The van der Waals surface area contributed by atoms with Crippen LogP contribution in [0.5, 0.6) is 0 Å². The number of aromatic nitrogens is 2. The van der Waals surface area contributed by atoms with Crippen molar-refractivity contribution in [1.82, 2.24) is 14.9 Å². The van der Waals surface area contributed by atoms with Gasteiger partial charge in [-0.1, -0.05) is 31.2 Å². The summed E-state index contributed by atoms with van der Waals surface area (Å²) in [4.78, 5) is 6.92. The van der Waals surface area contributed by atoms with E-state index in [9.17, 15) is 0 Å². The van der Waals surface area contributed by atoms with E-state index in [4.69, 9.17) is 12.2 Å². The summed E-state index contributed by atoms with van der Waals surface area (Å²) in [5.41, 5.74) is 8.26. The number of nitrogens with one attached hydrogen (secondary N) is 1. The van der Waals surface area contributed by atoms with Crippen LogP contribution < -0.4 is 10.2 Å². The predicted octanol–water partition coefficient (Wildman–Crippen LogP) is 6.23. The Bertz CT molecular complexity index is 1280. The van der Waals surface area contributed by atoms with Crippen molar-refractivity contribution >= 4 is 23.0 Å². The molecule has 0 bridgehead atoms. The number of aryl methyl sites for hydroxylation is 3. The van der Waals surface area contributed by atoms with Gasteiger partial charge in [0.2, 0.25) is 0 Å². The van der Waals surface area contributed by atoms with E-state index in [0.717, 1.165) is 23.5 Å². The molecular formula is C28H28N4S. The number of anilines is 1. The zero-order valence-electron chi connectivity index (χ0n) is 19.2. The number of benzene rings is 2. The molecule has 2 aromatic carbocycles. The van der Waals surface area contributed by atoms with Crippen molar-refractivity contribution in [3.63, 3.8) is 0 Å². The Hall–Kier alpha value is -3.44. The second-order valence-corrected chi connectivity index (χ2v) is 8.97. The summed E-state index contributed by atoms with van der Waals surface area (Å²) in [7, 11) is 0. The second-order valence-electron chi connectivity index (χ2n) is 8.59. The first kappa shape index (κ1) is 21.4. The summed E-state index contributed by atoms with van der Waals surface area (Å²) in [6.45, 7) is 6.48. The monoisotopic (exact) mass is 452 g/mol. The molecule has 1 N–H and O–H groups in total. The van der Waals surface area contributed by atoms with Crippen LogP contribution in [0.15, 0.2) is 85.2 Å². The van der Waals surface area contributed by atoms with Gasteiger partial charge in [-0.05, 0) is 97.7 Å². The summed E-state index contributed by atoms with van der Waals surface area (Å²) in [6.07, 6.45) is 4.99. The van der Waals surface area contributed by atoms with Crippen molar-refractivity contribution in [1.29, 1.82) is 0 Å². The Morgan fingerprint density at radius 2 is 1.70 bits per heavy atom. The molecule has 4 nitrogen and oxygen atoms in total. The maximum atomic E-state index is 5.89. The number of rotatable bonds is 5. The maximum Gasteiger partial charge on any atom is 0.174 e. The van der Waals surface area contributed by atoms with Crippen molar-refractivity contribution in [2.45, 2.75) is 39.3 Å². The van der Waals surface area contributed by atoms with E-state index in [-0.39, 0.29) is 12.1 Å². The van der Waals surface area contributed by atoms with Gasteiger partial charge in [0.25, 0.3) is 0 Å². The highest BCUT2D eigenvalue weighted by molar-refractivity contribution is 7.80. The van der Waals surface area contributed by atoms with Gasteiger partial charge in [-0.15, -0.1) is 0 Å². The van der Waals surface area contributed by atoms with Crippen LogP contribution in [0.3, 0.4) is 0 Å². The van der Waals surface area contributed by atoms with Crippen molar-refractivity contribution < 1.29 is 0 Å². The Labute approximate surface area is 200 Å². The molecule has 1 fully saturated rings. The van der Waals surface area contributed by atoms with Crippen molar-refractivity contribution in [3.8, 4) is 5.69 Å². The lowest BCUT2D eigenvalue weighted by Gasteiger charge is -2.29. The number of pyridine rings is 1. The lowest BCUT2D eigenvalue weighted by atomic mass is 10.00. The van der Waals surface area contributed by atoms with Gasteiger partial charge < -0.3 is 14.8 Å². The molecule has 1 aliphatic rings. The van der Waals surface area contributed by atoms with Crippen LogP contribution in [0, 0.1) is 13.8 Å². The van der Waals surface area contributed by atoms with E-state index in [1.807, 2.05) is 18.3 Å². The van der Waals surface area contributed by atoms with Gasteiger partial charge in [0.05, 0.1) is 11.7 Å². The first-order chi connectivity index (χ1) is 16.1. The molecular weight excluding hydrogens is 424 g/mol. The highest BCUT2D eigenvalue weighted by atomic mass is 32.1. The Kier molecular flexibility index (Phi) is 5.73. The van der Waals surface area contributed by atoms with Crippen molar-refractivity contribution in [2.24, 2.45) is 0 Å². The largest absolute Gasteiger partial charge is 0.351 e. The quantitative estimate of drug-likeness (QED) is 0.364. The number of thiocarbonyl (C=S) groups is 1. The highest BCUT2D eigenvalue weighted by Crippen LogP contribution is 2.42. The molecule has 0 saturated carbocycles. The zero-order chi connectivity index (χ0) is 22.9. The third-order valence-corrected chi connectivity index (χ3v) is 6.89. The van der Waals surface area contributed by atoms with Crippen LogP contribution in [-0.4, -0.2) is 14.7 Å². The van der Waals surface area contributed by atoms with E-state index in [2.05, 4.69) is 107 Å². The molecule has 0 spiro atoms. The average molecular weight is 453 g/mol. The van der Waals surface area contributed by atoms with Crippen LogP contribution in [0.4, 0.5) is 5.69 Å². The molecule has 2 aromatic heterocycles. The van der Waals surface area contributed by atoms with E-state index >= 15 is 0 Å². The van der Waals surface area contributed by atoms with Gasteiger partial charge in [-0.3, -0.25) is 4.98 Å². The number of nitrogens with zero attached hydrogens (tertiary/aromatic N) is 3. The summed E-state index contributed by atoms with van der Waals surface area (Å²) in [5, 5.41) is 4.28. The van der Waals surface area contributed by atoms with E-state index in [1.54, 1.807) is 0 Å². The fourth-order valence-electron chi connectivity index (χ4n) is 4.57. The van der Waals surface area contributed by atoms with Gasteiger partial charge >= 0.3 is 0 Å². The van der Waals surface area contributed by atoms with E-state index < -0.39 is 0 Å². The maximum absolute atomic E-state index is 5.89. The van der Waals surface area contributed by atoms with E-state index in [0.29, 0.717) is 5.11 Å². The smallest absolute Gasteiger partial charge is 0.174 e. The first-order valence-corrected chi connectivity index (χ1v) is 11.8. The van der Waals surface area contributed by atoms with Gasteiger partial charge in [0.1, 0.15) is 6.04 Å². The molecule has 1 saturated heterocycles. The second kappa shape index (κ2) is 8.83. The molecule has 33 heavy (non-hydrogen) atoms. The number of hydrogen-bond donors (Lipinski definition) is 1. The summed E-state index contributed by atoms with van der Waals surface area (Å²) >= 11 is 5.89. The molecule has 3 heterocycles. The molecule has 0 aliphatic carbocycles. The predicted molar refractivity (Wildman–Crippen MR) is 139 cm³/mol. The molecule has 166 valence electrons. The topological polar surface area (TPSA) is 33.1 Å². The Balaban J connectivity index is 1.65. The minimum Gasteiger partial charge on any atom is -0.351 e.